The molecule has 0 bridgehead atoms. The second kappa shape index (κ2) is 48.4. The Bertz CT molecular complexity index is 134. The number of rotatable bonds is 2. The van der Waals surface area contributed by atoms with Crippen molar-refractivity contribution in [2.24, 2.45) is 0 Å². The normalized spacial score (nSPS) is 7.88. The van der Waals surface area contributed by atoms with Crippen LogP contribution in [0.5, 0.6) is 0 Å². The summed E-state index contributed by atoms with van der Waals surface area (Å²) in [5, 5.41) is 0. The second-order valence-corrected chi connectivity index (χ2v) is 2.75. The van der Waals surface area contributed by atoms with E-state index in [9.17, 15) is 0 Å². The van der Waals surface area contributed by atoms with Crippen LogP contribution in [0.4, 0.5) is 0 Å². The third-order valence-electron chi connectivity index (χ3n) is 1.09. The summed E-state index contributed by atoms with van der Waals surface area (Å²) in [5.74, 6) is 0. The maximum atomic E-state index is 3.48. The first-order valence-corrected chi connectivity index (χ1v) is 6.02. The van der Waals surface area contributed by atoms with E-state index < -0.39 is 0 Å². The van der Waals surface area contributed by atoms with Crippen molar-refractivity contribution in [3.8, 4) is 0 Å². The van der Waals surface area contributed by atoms with E-state index in [1.807, 2.05) is 45.9 Å². The Morgan fingerprint density at radius 3 is 1.06 bits per heavy atom. The van der Waals surface area contributed by atoms with Crippen LogP contribution >= 0.6 is 0 Å². The topological polar surface area (TPSA) is 0 Å². The molecule has 0 aliphatic heterocycles. The Labute approximate surface area is 104 Å². The summed E-state index contributed by atoms with van der Waals surface area (Å²) in [4.78, 5) is 0. The molecule has 0 saturated heterocycles. The second-order valence-electron chi connectivity index (χ2n) is 2.75. The Morgan fingerprint density at radius 2 is 1.06 bits per heavy atom. The van der Waals surface area contributed by atoms with Gasteiger partial charge in [0.25, 0.3) is 0 Å². The molecule has 0 aromatic heterocycles. The van der Waals surface area contributed by atoms with Gasteiger partial charge in [0.15, 0.2) is 0 Å². The zero-order valence-electron chi connectivity index (χ0n) is 12.3. The maximum absolute atomic E-state index is 3.48. The van der Waals surface area contributed by atoms with Crippen LogP contribution in [0.2, 0.25) is 0 Å². The molecule has 0 aromatic rings. The van der Waals surface area contributed by atoms with Crippen LogP contribution in [0.15, 0.2) is 49.6 Å². The predicted octanol–water partition coefficient (Wildman–Crippen LogP) is 6.33. The quantitative estimate of drug-likeness (QED) is 0.481. The van der Waals surface area contributed by atoms with Crippen molar-refractivity contribution < 1.29 is 0 Å². The van der Waals surface area contributed by atoms with E-state index in [-0.39, 0.29) is 0 Å². The van der Waals surface area contributed by atoms with Gasteiger partial charge in [0.1, 0.15) is 0 Å². The Balaban J connectivity index is -0.0000000610. The Morgan fingerprint density at radius 1 is 0.750 bits per heavy atom. The SMILES string of the molecule is C/C=C/C.C/C=C/CC.C=CC.C=CCC. The molecule has 0 radical (unpaired) electrons. The minimum atomic E-state index is 1.08. The van der Waals surface area contributed by atoms with Gasteiger partial charge in [0.2, 0.25) is 0 Å². The first-order chi connectivity index (χ1) is 7.66. The van der Waals surface area contributed by atoms with Gasteiger partial charge in [-0.3, -0.25) is 0 Å². The van der Waals surface area contributed by atoms with E-state index in [1.54, 1.807) is 6.08 Å². The molecule has 0 aliphatic rings. The number of allylic oxidation sites excluding steroid dienone is 6. The third kappa shape index (κ3) is 212. The van der Waals surface area contributed by atoms with E-state index in [4.69, 9.17) is 0 Å². The summed E-state index contributed by atoms with van der Waals surface area (Å²) in [5.41, 5.74) is 0. The van der Waals surface area contributed by atoms with Gasteiger partial charge in [-0.2, -0.15) is 0 Å². The predicted molar refractivity (Wildman–Crippen MR) is 82.0 cm³/mol. The summed E-state index contributed by atoms with van der Waals surface area (Å²) >= 11 is 0. The van der Waals surface area contributed by atoms with Crippen LogP contribution < -0.4 is 0 Å². The molecule has 0 spiro atoms. The van der Waals surface area contributed by atoms with E-state index in [0.717, 1.165) is 12.8 Å². The minimum Gasteiger partial charge on any atom is -0.103 e. The van der Waals surface area contributed by atoms with Crippen molar-refractivity contribution in [3.63, 3.8) is 0 Å². The molecule has 0 N–H and O–H groups in total. The van der Waals surface area contributed by atoms with Gasteiger partial charge in [0, 0.05) is 0 Å². The highest BCUT2D eigenvalue weighted by molar-refractivity contribution is 4.73. The van der Waals surface area contributed by atoms with Gasteiger partial charge >= 0.3 is 0 Å². The average Bonchev–Trinajstić information content (AvgIpc) is 2.32. The van der Waals surface area contributed by atoms with Crippen LogP contribution in [0.25, 0.3) is 0 Å². The van der Waals surface area contributed by atoms with Gasteiger partial charge in [-0.25, -0.2) is 0 Å². The summed E-state index contributed by atoms with van der Waals surface area (Å²) in [6.45, 7) is 18.9. The van der Waals surface area contributed by atoms with Crippen LogP contribution in [0.1, 0.15) is 54.4 Å². The molecule has 0 saturated carbocycles. The zero-order chi connectivity index (χ0) is 13.7. The Kier molecular flexibility index (Phi) is 73.4. The van der Waals surface area contributed by atoms with E-state index in [2.05, 4.69) is 39.2 Å². The van der Waals surface area contributed by atoms with Gasteiger partial charge in [-0.15, -0.1) is 13.2 Å². The van der Waals surface area contributed by atoms with Crippen LogP contribution in [0, 0.1) is 0 Å². The molecule has 0 heterocycles. The van der Waals surface area contributed by atoms with Crippen LogP contribution in [0.3, 0.4) is 0 Å². The molecule has 0 nitrogen and oxygen atoms in total. The molecular weight excluding hydrogens is 192 g/mol. The lowest BCUT2D eigenvalue weighted by Gasteiger charge is -1.65. The molecule has 0 fully saturated rings. The van der Waals surface area contributed by atoms with E-state index in [1.165, 1.54) is 0 Å². The lowest BCUT2D eigenvalue weighted by atomic mass is 10.4. The molecule has 0 rings (SSSR count). The van der Waals surface area contributed by atoms with Gasteiger partial charge < -0.3 is 0 Å². The monoisotopic (exact) mass is 224 g/mol. The highest BCUT2D eigenvalue weighted by Gasteiger charge is 1.52. The minimum absolute atomic E-state index is 1.08. The van der Waals surface area contributed by atoms with E-state index >= 15 is 0 Å². The molecule has 16 heavy (non-hydrogen) atoms. The fourth-order valence-electron chi connectivity index (χ4n) is 0.236. The van der Waals surface area contributed by atoms with Gasteiger partial charge in [-0.1, -0.05) is 50.3 Å². The molecule has 0 heteroatoms. The van der Waals surface area contributed by atoms with Crippen molar-refractivity contribution in [1.82, 2.24) is 0 Å². The molecule has 96 valence electrons. The van der Waals surface area contributed by atoms with Crippen molar-refractivity contribution in [3.05, 3.63) is 49.6 Å². The first kappa shape index (κ1) is 24.3. The highest BCUT2D eigenvalue weighted by atomic mass is 13.6. The molecule has 0 aromatic carbocycles. The summed E-state index contributed by atoms with van der Waals surface area (Å²) < 4.78 is 0. The molecule has 0 unspecified atom stereocenters. The van der Waals surface area contributed by atoms with Gasteiger partial charge in [0.05, 0.1) is 0 Å². The lowest BCUT2D eigenvalue weighted by molar-refractivity contribution is 1.22. The average molecular weight is 224 g/mol. The van der Waals surface area contributed by atoms with E-state index in [0.29, 0.717) is 0 Å². The highest BCUT2D eigenvalue weighted by Crippen LogP contribution is 1.73. The van der Waals surface area contributed by atoms with Crippen molar-refractivity contribution in [1.29, 1.82) is 0 Å². The maximum Gasteiger partial charge on any atom is -0.0379 e. The standard InChI is InChI=1S/C5H10.2C4H8.C3H6/c1-3-5-4-2;2*1-3-4-2;1-3-2/h3,5H,4H2,1-2H3;3-4H,1-2H3;3H,1,4H2,2H3;3H,1H2,2H3/b5-3+;4-3+;;. The fraction of sp³-hybridized carbons (Fsp3) is 0.500. The van der Waals surface area contributed by atoms with Crippen LogP contribution in [-0.2, 0) is 0 Å². The first-order valence-electron chi connectivity index (χ1n) is 6.02. The molecule has 0 aliphatic carbocycles. The van der Waals surface area contributed by atoms with Gasteiger partial charge in [-0.05, 0) is 40.5 Å². The summed E-state index contributed by atoms with van der Waals surface area (Å²) in [6.07, 6.45) is 14.1. The molecule has 0 atom stereocenters. The number of hydrogen-bond donors (Lipinski definition) is 0. The van der Waals surface area contributed by atoms with Crippen LogP contribution in [-0.4, -0.2) is 0 Å². The third-order valence-corrected chi connectivity index (χ3v) is 1.09. The smallest absolute Gasteiger partial charge is 0.0379 e. The molecular formula is C16H32. The Hall–Kier alpha value is -1.04. The fourth-order valence-corrected chi connectivity index (χ4v) is 0.236. The largest absolute Gasteiger partial charge is 0.103 e. The zero-order valence-corrected chi connectivity index (χ0v) is 12.3. The lowest BCUT2D eigenvalue weighted by Crippen LogP contribution is -1.43. The van der Waals surface area contributed by atoms with Crippen molar-refractivity contribution >= 4 is 0 Å². The van der Waals surface area contributed by atoms with Crippen molar-refractivity contribution in [2.45, 2.75) is 54.4 Å². The van der Waals surface area contributed by atoms with Crippen molar-refractivity contribution in [2.75, 3.05) is 0 Å². The summed E-state index contributed by atoms with van der Waals surface area (Å²) in [6, 6.07) is 0. The summed E-state index contributed by atoms with van der Waals surface area (Å²) in [7, 11) is 0. The molecule has 0 amide bonds. The number of hydrogen-bond acceptors (Lipinski definition) is 0.